The van der Waals surface area contributed by atoms with Crippen LogP contribution in [0.25, 0.3) is 0 Å². The van der Waals surface area contributed by atoms with Crippen LogP contribution >= 0.6 is 0 Å². The number of esters is 1. The molecule has 0 bridgehead atoms. The molecule has 2 saturated carbocycles. The number of methoxy groups -OCH3 is 1. The highest BCUT2D eigenvalue weighted by molar-refractivity contribution is 5.82. The van der Waals surface area contributed by atoms with Crippen LogP contribution in [0.2, 0.25) is 0 Å². The largest absolute Gasteiger partial charge is 0.459 e. The Labute approximate surface area is 152 Å². The van der Waals surface area contributed by atoms with Gasteiger partial charge in [0, 0.05) is 24.5 Å². The molecule has 0 N–H and O–H groups in total. The summed E-state index contributed by atoms with van der Waals surface area (Å²) >= 11 is 0. The van der Waals surface area contributed by atoms with E-state index in [0.717, 1.165) is 31.4 Å². The van der Waals surface area contributed by atoms with Gasteiger partial charge in [-0.05, 0) is 49.9 Å². The highest BCUT2D eigenvalue weighted by Gasteiger charge is 2.72. The highest BCUT2D eigenvalue weighted by atomic mass is 16.7. The van der Waals surface area contributed by atoms with Gasteiger partial charge in [0.05, 0.1) is 6.61 Å². The monoisotopic (exact) mass is 350 g/mol. The normalized spacial score (nSPS) is 44.8. The minimum atomic E-state index is -0.204. The smallest absolute Gasteiger partial charge is 0.330 e. The van der Waals surface area contributed by atoms with Gasteiger partial charge in [-0.3, -0.25) is 0 Å². The molecule has 0 aromatic rings. The summed E-state index contributed by atoms with van der Waals surface area (Å²) in [5.74, 6) is 0.620. The molecule has 4 heteroatoms. The number of ether oxygens (including phenoxy) is 3. The Balaban J connectivity index is 1.98. The van der Waals surface area contributed by atoms with Crippen LogP contribution in [0.15, 0.2) is 11.6 Å². The van der Waals surface area contributed by atoms with Crippen molar-refractivity contribution in [3.63, 3.8) is 0 Å². The molecule has 0 amide bonds. The van der Waals surface area contributed by atoms with Crippen molar-refractivity contribution >= 4 is 5.97 Å². The lowest BCUT2D eigenvalue weighted by Gasteiger charge is -2.61. The summed E-state index contributed by atoms with van der Waals surface area (Å²) in [6.07, 6.45) is 4.42. The molecule has 0 radical (unpaired) electrons. The minimum absolute atomic E-state index is 0.00395. The van der Waals surface area contributed by atoms with E-state index < -0.39 is 0 Å². The average Bonchev–Trinajstić information content (AvgIpc) is 3.00. The first-order chi connectivity index (χ1) is 11.6. The summed E-state index contributed by atoms with van der Waals surface area (Å²) in [6.45, 7) is 14.1. The fourth-order valence-corrected chi connectivity index (χ4v) is 6.29. The van der Waals surface area contributed by atoms with Gasteiger partial charge in [-0.25, -0.2) is 4.79 Å². The van der Waals surface area contributed by atoms with E-state index >= 15 is 0 Å². The third-order valence-corrected chi connectivity index (χ3v) is 7.86. The van der Waals surface area contributed by atoms with Gasteiger partial charge in [0.15, 0.2) is 6.29 Å². The highest BCUT2D eigenvalue weighted by Crippen LogP contribution is 2.73. The molecule has 2 aliphatic carbocycles. The van der Waals surface area contributed by atoms with Gasteiger partial charge < -0.3 is 14.2 Å². The zero-order chi connectivity index (χ0) is 18.6. The van der Waals surface area contributed by atoms with Crippen molar-refractivity contribution in [1.82, 2.24) is 0 Å². The van der Waals surface area contributed by atoms with Crippen LogP contribution < -0.4 is 0 Å². The quantitative estimate of drug-likeness (QED) is 0.561. The number of hydrogen-bond acceptors (Lipinski definition) is 4. The van der Waals surface area contributed by atoms with E-state index in [9.17, 15) is 4.79 Å². The Kier molecular flexibility index (Phi) is 4.61. The maximum atomic E-state index is 12.3. The molecule has 0 spiro atoms. The Morgan fingerprint density at radius 1 is 1.20 bits per heavy atom. The Hall–Kier alpha value is -0.870. The van der Waals surface area contributed by atoms with Crippen molar-refractivity contribution in [2.75, 3.05) is 13.7 Å². The first kappa shape index (κ1) is 18.9. The molecule has 0 aromatic heterocycles. The molecule has 142 valence electrons. The third kappa shape index (κ3) is 2.59. The van der Waals surface area contributed by atoms with Gasteiger partial charge in [-0.2, -0.15) is 0 Å². The van der Waals surface area contributed by atoms with Crippen LogP contribution in [0.5, 0.6) is 0 Å². The van der Waals surface area contributed by atoms with Gasteiger partial charge in [-0.15, -0.1) is 0 Å². The topological polar surface area (TPSA) is 44.8 Å². The van der Waals surface area contributed by atoms with E-state index in [2.05, 4.69) is 27.7 Å². The van der Waals surface area contributed by atoms with Crippen molar-refractivity contribution < 1.29 is 19.0 Å². The second-order valence-electron chi connectivity index (χ2n) is 9.62. The van der Waals surface area contributed by atoms with Gasteiger partial charge >= 0.3 is 5.97 Å². The molecular weight excluding hydrogens is 316 g/mol. The molecule has 3 fully saturated rings. The number of carbonyl (C=O) groups excluding carboxylic acids is 1. The van der Waals surface area contributed by atoms with Gasteiger partial charge in [0.1, 0.15) is 6.10 Å². The van der Waals surface area contributed by atoms with E-state index in [1.807, 2.05) is 13.8 Å². The van der Waals surface area contributed by atoms with Crippen LogP contribution in [-0.4, -0.2) is 32.1 Å². The standard InChI is InChI=1S/C21H34O4/c1-13(2)10-16(22)25-15-8-9-19(3,4)21(6)17-14(11-20(15,21)5)12-24-18(17)23-7/h10,14-15,17-18H,8-9,11-12H2,1-7H3/t14-,15+,17-,18-,20-,21+/m0/s1. The van der Waals surface area contributed by atoms with Crippen LogP contribution in [0.1, 0.15) is 60.8 Å². The summed E-state index contributed by atoms with van der Waals surface area (Å²) in [5, 5.41) is 0. The zero-order valence-corrected chi connectivity index (χ0v) is 16.8. The van der Waals surface area contributed by atoms with Gasteiger partial charge in [0.25, 0.3) is 0 Å². The predicted octanol–water partition coefficient (Wildman–Crippen LogP) is 4.34. The molecule has 3 aliphatic rings. The average molecular weight is 350 g/mol. The number of hydrogen-bond donors (Lipinski definition) is 0. The fraction of sp³-hybridized carbons (Fsp3) is 0.857. The molecule has 0 aromatic carbocycles. The summed E-state index contributed by atoms with van der Waals surface area (Å²) in [4.78, 5) is 12.3. The number of allylic oxidation sites excluding steroid dienone is 1. The lowest BCUT2D eigenvalue weighted by atomic mass is 9.45. The van der Waals surface area contributed by atoms with Crippen molar-refractivity contribution in [1.29, 1.82) is 0 Å². The molecule has 1 saturated heterocycles. The second kappa shape index (κ2) is 6.09. The first-order valence-electron chi connectivity index (χ1n) is 9.57. The summed E-state index contributed by atoms with van der Waals surface area (Å²) in [7, 11) is 1.74. The van der Waals surface area contributed by atoms with Crippen molar-refractivity contribution in [2.24, 2.45) is 28.1 Å². The molecule has 1 aliphatic heterocycles. The third-order valence-electron chi connectivity index (χ3n) is 7.86. The molecule has 6 atom stereocenters. The van der Waals surface area contributed by atoms with Crippen LogP contribution in [-0.2, 0) is 19.0 Å². The molecule has 25 heavy (non-hydrogen) atoms. The number of carbonyl (C=O) groups is 1. The van der Waals surface area contributed by atoms with Crippen molar-refractivity contribution in [3.05, 3.63) is 11.6 Å². The lowest BCUT2D eigenvalue weighted by Crippen LogP contribution is -2.59. The number of fused-ring (bicyclic) bond motifs is 3. The van der Waals surface area contributed by atoms with Gasteiger partial charge in [0.2, 0.25) is 0 Å². The van der Waals surface area contributed by atoms with Crippen LogP contribution in [0.4, 0.5) is 0 Å². The van der Waals surface area contributed by atoms with E-state index in [-0.39, 0.29) is 34.6 Å². The SMILES string of the molecule is CO[C@H]1OC[C@@H]2C[C@@]3(C)[C@H](OC(=O)C=C(C)C)CCC(C)(C)[C@@]3(C)[C@@H]21. The lowest BCUT2D eigenvalue weighted by molar-refractivity contribution is -0.218. The molecule has 4 nitrogen and oxygen atoms in total. The van der Waals surface area contributed by atoms with Crippen LogP contribution in [0, 0.1) is 28.1 Å². The zero-order valence-electron chi connectivity index (χ0n) is 16.8. The van der Waals surface area contributed by atoms with E-state index in [0.29, 0.717) is 11.8 Å². The van der Waals surface area contributed by atoms with Gasteiger partial charge in [-0.1, -0.05) is 33.3 Å². The predicted molar refractivity (Wildman–Crippen MR) is 96.9 cm³/mol. The molecule has 1 heterocycles. The maximum Gasteiger partial charge on any atom is 0.330 e. The fourth-order valence-electron chi connectivity index (χ4n) is 6.29. The molecule has 3 rings (SSSR count). The van der Waals surface area contributed by atoms with E-state index in [1.54, 1.807) is 13.2 Å². The Bertz CT molecular complexity index is 576. The Morgan fingerprint density at radius 3 is 2.48 bits per heavy atom. The Morgan fingerprint density at radius 2 is 1.88 bits per heavy atom. The summed E-state index contributed by atoms with van der Waals surface area (Å²) in [5.41, 5.74) is 1.06. The van der Waals surface area contributed by atoms with Crippen molar-refractivity contribution in [3.8, 4) is 0 Å². The number of rotatable bonds is 3. The second-order valence-corrected chi connectivity index (χ2v) is 9.62. The van der Waals surface area contributed by atoms with Crippen LogP contribution in [0.3, 0.4) is 0 Å². The van der Waals surface area contributed by atoms with E-state index in [4.69, 9.17) is 14.2 Å². The minimum Gasteiger partial charge on any atom is -0.459 e. The summed E-state index contributed by atoms with van der Waals surface area (Å²) < 4.78 is 17.7. The summed E-state index contributed by atoms with van der Waals surface area (Å²) in [6, 6.07) is 0. The molecular formula is C21H34O4. The maximum absolute atomic E-state index is 12.3. The molecule has 0 unspecified atom stereocenters. The van der Waals surface area contributed by atoms with E-state index in [1.165, 1.54) is 0 Å². The first-order valence-corrected chi connectivity index (χ1v) is 9.57. The van der Waals surface area contributed by atoms with Crippen molar-refractivity contribution in [2.45, 2.75) is 73.2 Å².